The molecular weight excluding hydrogens is 192 g/mol. The van der Waals surface area contributed by atoms with Crippen molar-refractivity contribution >= 4 is 11.0 Å². The van der Waals surface area contributed by atoms with Crippen LogP contribution in [0.2, 0.25) is 0 Å². The lowest BCUT2D eigenvalue weighted by molar-refractivity contribution is -0.0814. The van der Waals surface area contributed by atoms with E-state index in [0.717, 1.165) is 16.6 Å². The largest absolute Gasteiger partial charge is 0.469 e. The van der Waals surface area contributed by atoms with Gasteiger partial charge in [0.2, 0.25) is 5.88 Å². The van der Waals surface area contributed by atoms with Gasteiger partial charge in [0.25, 0.3) is 0 Å². The highest BCUT2D eigenvalue weighted by Crippen LogP contribution is 2.22. The van der Waals surface area contributed by atoms with Crippen molar-refractivity contribution in [2.24, 2.45) is 0 Å². The molecule has 1 saturated heterocycles. The number of hydrogen-bond acceptors (Lipinski definition) is 3. The maximum Gasteiger partial charge on any atom is 0.218 e. The van der Waals surface area contributed by atoms with Gasteiger partial charge >= 0.3 is 0 Å². The van der Waals surface area contributed by atoms with Crippen molar-refractivity contribution < 1.29 is 9.47 Å². The van der Waals surface area contributed by atoms with E-state index < -0.39 is 0 Å². The first-order valence-corrected chi connectivity index (χ1v) is 5.02. The SMILES string of the molecule is Cc1cc2cc[nH]c2nc1OC1COC1. The van der Waals surface area contributed by atoms with Crippen molar-refractivity contribution in [1.82, 2.24) is 9.97 Å². The maximum absolute atomic E-state index is 5.70. The van der Waals surface area contributed by atoms with Crippen LogP contribution >= 0.6 is 0 Å². The molecule has 1 aliphatic heterocycles. The molecule has 0 amide bonds. The topological polar surface area (TPSA) is 47.1 Å². The molecule has 4 heteroatoms. The van der Waals surface area contributed by atoms with E-state index in [1.807, 2.05) is 19.2 Å². The summed E-state index contributed by atoms with van der Waals surface area (Å²) >= 11 is 0. The van der Waals surface area contributed by atoms with Gasteiger partial charge in [-0.25, -0.2) is 0 Å². The fourth-order valence-corrected chi connectivity index (χ4v) is 1.63. The molecule has 15 heavy (non-hydrogen) atoms. The molecule has 4 nitrogen and oxygen atoms in total. The maximum atomic E-state index is 5.70. The average molecular weight is 204 g/mol. The number of nitrogens with one attached hydrogen (secondary N) is 1. The minimum absolute atomic E-state index is 0.170. The quantitative estimate of drug-likeness (QED) is 0.809. The molecule has 2 aromatic rings. The summed E-state index contributed by atoms with van der Waals surface area (Å²) in [5.74, 6) is 0.707. The van der Waals surface area contributed by atoms with Crippen LogP contribution in [0.1, 0.15) is 5.56 Å². The van der Waals surface area contributed by atoms with Gasteiger partial charge in [0.1, 0.15) is 11.8 Å². The summed E-state index contributed by atoms with van der Waals surface area (Å²) in [6, 6.07) is 4.08. The van der Waals surface area contributed by atoms with Gasteiger partial charge in [-0.05, 0) is 19.1 Å². The number of rotatable bonds is 2. The zero-order chi connectivity index (χ0) is 10.3. The number of aromatic amines is 1. The van der Waals surface area contributed by atoms with Gasteiger partial charge < -0.3 is 14.5 Å². The highest BCUT2D eigenvalue weighted by atomic mass is 16.6. The normalized spacial score (nSPS) is 16.6. The van der Waals surface area contributed by atoms with Crippen LogP contribution in [-0.2, 0) is 4.74 Å². The smallest absolute Gasteiger partial charge is 0.218 e. The van der Waals surface area contributed by atoms with Crippen molar-refractivity contribution in [2.45, 2.75) is 13.0 Å². The summed E-state index contributed by atoms with van der Waals surface area (Å²) in [5, 5.41) is 1.12. The van der Waals surface area contributed by atoms with E-state index in [4.69, 9.17) is 9.47 Å². The highest BCUT2D eigenvalue weighted by Gasteiger charge is 2.21. The summed E-state index contributed by atoms with van der Waals surface area (Å²) < 4.78 is 10.8. The third-order valence-electron chi connectivity index (χ3n) is 2.56. The molecule has 0 unspecified atom stereocenters. The molecule has 2 aromatic heterocycles. The van der Waals surface area contributed by atoms with Crippen LogP contribution in [0.3, 0.4) is 0 Å². The van der Waals surface area contributed by atoms with E-state index in [1.165, 1.54) is 0 Å². The van der Waals surface area contributed by atoms with Crippen LogP contribution in [0.25, 0.3) is 11.0 Å². The minimum Gasteiger partial charge on any atom is -0.469 e. The van der Waals surface area contributed by atoms with Crippen LogP contribution in [0.5, 0.6) is 5.88 Å². The molecular formula is C11H12N2O2. The number of H-pyrrole nitrogens is 1. The first-order chi connectivity index (χ1) is 7.33. The molecule has 0 aliphatic carbocycles. The highest BCUT2D eigenvalue weighted by molar-refractivity contribution is 5.76. The first kappa shape index (κ1) is 8.73. The van der Waals surface area contributed by atoms with Crippen molar-refractivity contribution in [1.29, 1.82) is 0 Å². The lowest BCUT2D eigenvalue weighted by atomic mass is 10.2. The second-order valence-corrected chi connectivity index (χ2v) is 3.80. The Hall–Kier alpha value is -1.55. The lowest BCUT2D eigenvalue weighted by Gasteiger charge is -2.26. The van der Waals surface area contributed by atoms with Crippen LogP contribution < -0.4 is 4.74 Å². The van der Waals surface area contributed by atoms with Gasteiger partial charge in [-0.15, -0.1) is 0 Å². The van der Waals surface area contributed by atoms with Crippen molar-refractivity contribution in [2.75, 3.05) is 13.2 Å². The minimum atomic E-state index is 0.170. The zero-order valence-electron chi connectivity index (χ0n) is 8.49. The van der Waals surface area contributed by atoms with Gasteiger partial charge in [0, 0.05) is 17.1 Å². The molecule has 1 N–H and O–H groups in total. The molecule has 0 saturated carbocycles. The summed E-state index contributed by atoms with van der Waals surface area (Å²) in [4.78, 5) is 7.50. The molecule has 78 valence electrons. The van der Waals surface area contributed by atoms with E-state index >= 15 is 0 Å². The van der Waals surface area contributed by atoms with Crippen LogP contribution in [0.4, 0.5) is 0 Å². The number of nitrogens with zero attached hydrogens (tertiary/aromatic N) is 1. The molecule has 0 aromatic carbocycles. The third-order valence-corrected chi connectivity index (χ3v) is 2.56. The Morgan fingerprint density at radius 1 is 1.53 bits per heavy atom. The van der Waals surface area contributed by atoms with Crippen molar-refractivity contribution in [3.63, 3.8) is 0 Å². The number of pyridine rings is 1. The number of aromatic nitrogens is 2. The molecule has 0 bridgehead atoms. The van der Waals surface area contributed by atoms with Crippen molar-refractivity contribution in [3.8, 4) is 5.88 Å². The molecule has 1 aliphatic rings. The Bertz CT molecular complexity index is 488. The van der Waals surface area contributed by atoms with E-state index in [9.17, 15) is 0 Å². The second kappa shape index (κ2) is 3.24. The Kier molecular flexibility index (Phi) is 1.89. The van der Waals surface area contributed by atoms with E-state index in [1.54, 1.807) is 0 Å². The zero-order valence-corrected chi connectivity index (χ0v) is 8.49. The van der Waals surface area contributed by atoms with Gasteiger partial charge in [-0.1, -0.05) is 0 Å². The summed E-state index contributed by atoms with van der Waals surface area (Å²) in [6.45, 7) is 3.35. The Morgan fingerprint density at radius 3 is 3.13 bits per heavy atom. The summed E-state index contributed by atoms with van der Waals surface area (Å²) in [7, 11) is 0. The molecule has 0 radical (unpaired) electrons. The predicted octanol–water partition coefficient (Wildman–Crippen LogP) is 1.65. The Balaban J connectivity index is 1.97. The van der Waals surface area contributed by atoms with Crippen LogP contribution in [0, 0.1) is 6.92 Å². The number of fused-ring (bicyclic) bond motifs is 1. The van der Waals surface area contributed by atoms with E-state index in [2.05, 4.69) is 16.0 Å². The van der Waals surface area contributed by atoms with E-state index in [-0.39, 0.29) is 6.10 Å². The van der Waals surface area contributed by atoms with Crippen LogP contribution in [-0.4, -0.2) is 29.3 Å². The number of ether oxygens (including phenoxy) is 2. The molecule has 0 spiro atoms. The Labute approximate surface area is 87.2 Å². The fourth-order valence-electron chi connectivity index (χ4n) is 1.63. The standard InChI is InChI=1S/C11H12N2O2/c1-7-4-8-2-3-12-10(8)13-11(7)15-9-5-14-6-9/h2-4,9H,5-6H2,1H3,(H,12,13). The van der Waals surface area contributed by atoms with Crippen molar-refractivity contribution in [3.05, 3.63) is 23.9 Å². The van der Waals surface area contributed by atoms with Crippen LogP contribution in [0.15, 0.2) is 18.3 Å². The monoisotopic (exact) mass is 204 g/mol. The van der Waals surface area contributed by atoms with E-state index in [0.29, 0.717) is 19.1 Å². The molecule has 0 atom stereocenters. The van der Waals surface area contributed by atoms with Gasteiger partial charge in [0.15, 0.2) is 0 Å². The second-order valence-electron chi connectivity index (χ2n) is 3.80. The number of aryl methyl sites for hydroxylation is 1. The molecule has 3 rings (SSSR count). The van der Waals surface area contributed by atoms with Gasteiger partial charge in [0.05, 0.1) is 13.2 Å². The Morgan fingerprint density at radius 2 is 2.40 bits per heavy atom. The summed E-state index contributed by atoms with van der Waals surface area (Å²) in [5.41, 5.74) is 1.94. The van der Waals surface area contributed by atoms with Gasteiger partial charge in [-0.3, -0.25) is 0 Å². The molecule has 1 fully saturated rings. The molecule has 3 heterocycles. The lowest BCUT2D eigenvalue weighted by Crippen LogP contribution is -2.38. The summed E-state index contributed by atoms with van der Waals surface area (Å²) in [6.07, 6.45) is 2.05. The fraction of sp³-hybridized carbons (Fsp3) is 0.364. The van der Waals surface area contributed by atoms with Gasteiger partial charge in [-0.2, -0.15) is 4.98 Å². The average Bonchev–Trinajstić information content (AvgIpc) is 2.58. The number of hydrogen-bond donors (Lipinski definition) is 1. The third kappa shape index (κ3) is 1.47. The predicted molar refractivity (Wildman–Crippen MR) is 56.1 cm³/mol. The first-order valence-electron chi connectivity index (χ1n) is 5.02.